The Morgan fingerprint density at radius 2 is 2.23 bits per heavy atom. The lowest BCUT2D eigenvalue weighted by atomic mass is 10.1. The smallest absolute Gasteiger partial charge is 0.0655 e. The summed E-state index contributed by atoms with van der Waals surface area (Å²) >= 11 is 5.89. The topological polar surface area (TPSA) is 35.2 Å². The van der Waals surface area contributed by atoms with Crippen molar-refractivity contribution in [1.29, 1.82) is 0 Å². The number of methoxy groups -OCH3 is 1. The number of ether oxygens (including phenoxy) is 1. The third-order valence-electron chi connectivity index (χ3n) is 1.96. The monoisotopic (exact) mass is 199 g/mol. The second-order valence-corrected chi connectivity index (χ2v) is 3.48. The zero-order valence-electron chi connectivity index (χ0n) is 7.88. The zero-order valence-corrected chi connectivity index (χ0v) is 8.64. The van der Waals surface area contributed by atoms with Crippen LogP contribution >= 0.6 is 11.6 Å². The summed E-state index contributed by atoms with van der Waals surface area (Å²) in [5, 5.41) is 0.772. The molecule has 0 amide bonds. The number of benzene rings is 1. The third kappa shape index (κ3) is 2.69. The fraction of sp³-hybridized carbons (Fsp3) is 0.400. The molecule has 1 aromatic rings. The molecule has 2 nitrogen and oxygen atoms in total. The van der Waals surface area contributed by atoms with Gasteiger partial charge in [-0.05, 0) is 24.1 Å². The largest absolute Gasteiger partial charge is 0.383 e. The Bertz CT molecular complexity index is 288. The molecule has 0 aliphatic carbocycles. The predicted molar refractivity (Wildman–Crippen MR) is 55.0 cm³/mol. The SMILES string of the molecule is COC[C@@H](N)c1ccc(Cl)c(C)c1. The Morgan fingerprint density at radius 1 is 1.54 bits per heavy atom. The van der Waals surface area contributed by atoms with Gasteiger partial charge in [-0.2, -0.15) is 0 Å². The normalized spacial score (nSPS) is 12.9. The molecular weight excluding hydrogens is 186 g/mol. The maximum absolute atomic E-state index is 5.89. The molecule has 3 heteroatoms. The van der Waals surface area contributed by atoms with Crippen molar-refractivity contribution in [3.8, 4) is 0 Å². The van der Waals surface area contributed by atoms with Crippen molar-refractivity contribution in [2.24, 2.45) is 5.73 Å². The van der Waals surface area contributed by atoms with E-state index in [0.29, 0.717) is 6.61 Å². The van der Waals surface area contributed by atoms with E-state index in [2.05, 4.69) is 0 Å². The molecule has 0 spiro atoms. The highest BCUT2D eigenvalue weighted by Crippen LogP contribution is 2.19. The molecule has 0 aromatic heterocycles. The Kier molecular flexibility index (Phi) is 3.72. The molecule has 0 saturated heterocycles. The molecule has 2 N–H and O–H groups in total. The first-order valence-corrected chi connectivity index (χ1v) is 4.53. The number of halogens is 1. The molecule has 0 radical (unpaired) electrons. The van der Waals surface area contributed by atoms with Crippen LogP contribution in [0.15, 0.2) is 18.2 Å². The van der Waals surface area contributed by atoms with Crippen molar-refractivity contribution in [2.45, 2.75) is 13.0 Å². The number of aryl methyl sites for hydroxylation is 1. The highest BCUT2D eigenvalue weighted by molar-refractivity contribution is 6.31. The minimum Gasteiger partial charge on any atom is -0.383 e. The van der Waals surface area contributed by atoms with Gasteiger partial charge in [0.2, 0.25) is 0 Å². The maximum Gasteiger partial charge on any atom is 0.0655 e. The summed E-state index contributed by atoms with van der Waals surface area (Å²) in [5.41, 5.74) is 7.96. The van der Waals surface area contributed by atoms with Crippen molar-refractivity contribution in [3.63, 3.8) is 0 Å². The second kappa shape index (κ2) is 4.61. The van der Waals surface area contributed by atoms with E-state index in [4.69, 9.17) is 22.1 Å². The summed E-state index contributed by atoms with van der Waals surface area (Å²) in [4.78, 5) is 0. The standard InChI is InChI=1S/C10H14ClNO/c1-7-5-8(3-4-9(7)11)10(12)6-13-2/h3-5,10H,6,12H2,1-2H3/t10-/m1/s1. The van der Waals surface area contributed by atoms with Gasteiger partial charge in [-0.3, -0.25) is 0 Å². The number of nitrogens with two attached hydrogens (primary N) is 1. The van der Waals surface area contributed by atoms with Crippen molar-refractivity contribution in [3.05, 3.63) is 34.3 Å². The van der Waals surface area contributed by atoms with Crippen LogP contribution in [0.1, 0.15) is 17.2 Å². The van der Waals surface area contributed by atoms with Crippen LogP contribution in [0.3, 0.4) is 0 Å². The van der Waals surface area contributed by atoms with Crippen molar-refractivity contribution in [2.75, 3.05) is 13.7 Å². The van der Waals surface area contributed by atoms with Crippen LogP contribution in [0.2, 0.25) is 5.02 Å². The van der Waals surface area contributed by atoms with E-state index < -0.39 is 0 Å². The van der Waals surface area contributed by atoms with Gasteiger partial charge in [0.15, 0.2) is 0 Å². The first-order chi connectivity index (χ1) is 6.15. The van der Waals surface area contributed by atoms with Gasteiger partial charge in [-0.1, -0.05) is 23.7 Å². The molecule has 1 rings (SSSR count). The molecule has 0 unspecified atom stereocenters. The van der Waals surface area contributed by atoms with Crippen LogP contribution in [0.25, 0.3) is 0 Å². The van der Waals surface area contributed by atoms with Gasteiger partial charge in [0.1, 0.15) is 0 Å². The Hall–Kier alpha value is -0.570. The van der Waals surface area contributed by atoms with E-state index >= 15 is 0 Å². The quantitative estimate of drug-likeness (QED) is 0.811. The molecule has 1 atom stereocenters. The third-order valence-corrected chi connectivity index (χ3v) is 2.38. The van der Waals surface area contributed by atoms with Crippen molar-refractivity contribution >= 4 is 11.6 Å². The molecule has 0 saturated carbocycles. The van der Waals surface area contributed by atoms with Crippen LogP contribution in [0, 0.1) is 6.92 Å². The van der Waals surface area contributed by atoms with Crippen LogP contribution < -0.4 is 5.73 Å². The van der Waals surface area contributed by atoms with E-state index in [1.54, 1.807) is 7.11 Å². The fourth-order valence-corrected chi connectivity index (χ4v) is 1.29. The molecular formula is C10H14ClNO. The first kappa shape index (κ1) is 10.5. The minimum absolute atomic E-state index is 0.0685. The summed E-state index contributed by atoms with van der Waals surface area (Å²) in [7, 11) is 1.64. The first-order valence-electron chi connectivity index (χ1n) is 4.15. The number of hydrogen-bond donors (Lipinski definition) is 1. The van der Waals surface area contributed by atoms with E-state index in [9.17, 15) is 0 Å². The van der Waals surface area contributed by atoms with Crippen LogP contribution in [0.5, 0.6) is 0 Å². The van der Waals surface area contributed by atoms with E-state index in [0.717, 1.165) is 16.1 Å². The summed E-state index contributed by atoms with van der Waals surface area (Å²) in [6, 6.07) is 5.72. The Balaban J connectivity index is 2.84. The van der Waals surface area contributed by atoms with Crippen molar-refractivity contribution in [1.82, 2.24) is 0 Å². The lowest BCUT2D eigenvalue weighted by molar-refractivity contribution is 0.181. The minimum atomic E-state index is -0.0685. The van der Waals surface area contributed by atoms with Crippen LogP contribution in [-0.2, 0) is 4.74 Å². The highest BCUT2D eigenvalue weighted by atomic mass is 35.5. The number of hydrogen-bond acceptors (Lipinski definition) is 2. The molecule has 0 heterocycles. The Labute approximate surface area is 83.6 Å². The molecule has 0 fully saturated rings. The predicted octanol–water partition coefficient (Wildman–Crippen LogP) is 2.29. The van der Waals surface area contributed by atoms with Crippen LogP contribution in [-0.4, -0.2) is 13.7 Å². The van der Waals surface area contributed by atoms with Gasteiger partial charge < -0.3 is 10.5 Å². The van der Waals surface area contributed by atoms with E-state index in [1.807, 2.05) is 25.1 Å². The number of rotatable bonds is 3. The average molecular weight is 200 g/mol. The molecule has 0 aliphatic heterocycles. The second-order valence-electron chi connectivity index (χ2n) is 3.07. The molecule has 0 bridgehead atoms. The van der Waals surface area contributed by atoms with Gasteiger partial charge in [-0.15, -0.1) is 0 Å². The Morgan fingerprint density at radius 3 is 2.77 bits per heavy atom. The fourth-order valence-electron chi connectivity index (χ4n) is 1.17. The van der Waals surface area contributed by atoms with Gasteiger partial charge in [0.25, 0.3) is 0 Å². The summed E-state index contributed by atoms with van der Waals surface area (Å²) in [5.74, 6) is 0. The summed E-state index contributed by atoms with van der Waals surface area (Å²) in [6.45, 7) is 2.49. The molecule has 13 heavy (non-hydrogen) atoms. The van der Waals surface area contributed by atoms with Crippen molar-refractivity contribution < 1.29 is 4.74 Å². The van der Waals surface area contributed by atoms with Gasteiger partial charge >= 0.3 is 0 Å². The summed E-state index contributed by atoms with van der Waals surface area (Å²) < 4.78 is 4.97. The summed E-state index contributed by atoms with van der Waals surface area (Å²) in [6.07, 6.45) is 0. The highest BCUT2D eigenvalue weighted by Gasteiger charge is 2.06. The van der Waals surface area contributed by atoms with Gasteiger partial charge in [0.05, 0.1) is 12.6 Å². The van der Waals surface area contributed by atoms with Gasteiger partial charge in [-0.25, -0.2) is 0 Å². The van der Waals surface area contributed by atoms with E-state index in [1.165, 1.54) is 0 Å². The zero-order chi connectivity index (χ0) is 9.84. The van der Waals surface area contributed by atoms with Crippen LogP contribution in [0.4, 0.5) is 0 Å². The van der Waals surface area contributed by atoms with E-state index in [-0.39, 0.29) is 6.04 Å². The lowest BCUT2D eigenvalue weighted by Gasteiger charge is -2.11. The average Bonchev–Trinajstić information content (AvgIpc) is 2.10. The molecule has 0 aliphatic rings. The molecule has 72 valence electrons. The van der Waals surface area contributed by atoms with Gasteiger partial charge in [0, 0.05) is 12.1 Å². The maximum atomic E-state index is 5.89. The molecule has 1 aromatic carbocycles. The lowest BCUT2D eigenvalue weighted by Crippen LogP contribution is -2.16.